The predicted octanol–water partition coefficient (Wildman–Crippen LogP) is 1.45. The van der Waals surface area contributed by atoms with Crippen LogP contribution in [0.3, 0.4) is 0 Å². The molecule has 9 heteroatoms. The van der Waals surface area contributed by atoms with Crippen LogP contribution in [0.2, 0.25) is 0 Å². The van der Waals surface area contributed by atoms with Gasteiger partial charge in [0.25, 0.3) is 0 Å². The number of hydrogen-bond donors (Lipinski definition) is 1. The summed E-state index contributed by atoms with van der Waals surface area (Å²) in [5, 5.41) is 4.00. The maximum Gasteiger partial charge on any atom is 0.243 e. The number of imidazole rings is 1. The van der Waals surface area contributed by atoms with Crippen LogP contribution < -0.4 is 4.72 Å². The summed E-state index contributed by atoms with van der Waals surface area (Å²) in [6.45, 7) is 5.20. The van der Waals surface area contributed by atoms with Crippen LogP contribution in [0.5, 0.6) is 0 Å². The van der Waals surface area contributed by atoms with Gasteiger partial charge >= 0.3 is 0 Å². The zero-order chi connectivity index (χ0) is 17.9. The van der Waals surface area contributed by atoms with Crippen LogP contribution in [0.4, 0.5) is 0 Å². The molecule has 3 heterocycles. The first-order valence-electron chi connectivity index (χ1n) is 7.96. The summed E-state index contributed by atoms with van der Waals surface area (Å²) in [4.78, 5) is 8.60. The highest BCUT2D eigenvalue weighted by Crippen LogP contribution is 2.18. The summed E-state index contributed by atoms with van der Waals surface area (Å²) in [7, 11) is -3.57. The molecule has 3 rings (SSSR count). The molecule has 1 N–H and O–H groups in total. The SMILES string of the molecule is CCn1cc(S(=O)(=O)NCCn2c(C)cnc2-c2ccncc2)cn1. The van der Waals surface area contributed by atoms with Crippen molar-refractivity contribution in [2.45, 2.75) is 31.8 Å². The molecule has 25 heavy (non-hydrogen) atoms. The average Bonchev–Trinajstić information content (AvgIpc) is 3.23. The second kappa shape index (κ2) is 7.16. The van der Waals surface area contributed by atoms with E-state index in [1.165, 1.54) is 12.4 Å². The van der Waals surface area contributed by atoms with E-state index in [-0.39, 0.29) is 11.4 Å². The zero-order valence-electron chi connectivity index (χ0n) is 14.1. The lowest BCUT2D eigenvalue weighted by Gasteiger charge is -2.11. The molecule has 3 aromatic heterocycles. The fourth-order valence-corrected chi connectivity index (χ4v) is 3.48. The normalized spacial score (nSPS) is 11.8. The van der Waals surface area contributed by atoms with E-state index in [0.717, 1.165) is 17.1 Å². The lowest BCUT2D eigenvalue weighted by molar-refractivity contribution is 0.571. The molecule has 0 bridgehead atoms. The Kier molecular flexibility index (Phi) is 4.95. The van der Waals surface area contributed by atoms with Crippen LogP contribution in [0.15, 0.2) is 48.0 Å². The minimum Gasteiger partial charge on any atom is -0.327 e. The van der Waals surface area contributed by atoms with Crippen molar-refractivity contribution in [3.8, 4) is 11.4 Å². The molecule has 0 fully saturated rings. The van der Waals surface area contributed by atoms with Crippen molar-refractivity contribution >= 4 is 10.0 Å². The zero-order valence-corrected chi connectivity index (χ0v) is 14.9. The second-order valence-electron chi connectivity index (χ2n) is 5.54. The van der Waals surface area contributed by atoms with E-state index in [9.17, 15) is 8.42 Å². The standard InChI is InChI=1S/C16H20N6O2S/c1-3-21-12-15(11-19-21)25(23,24)20-8-9-22-13(2)10-18-16(22)14-4-6-17-7-5-14/h4-7,10-12,20H,3,8-9H2,1-2H3. The Morgan fingerprint density at radius 2 is 1.96 bits per heavy atom. The lowest BCUT2D eigenvalue weighted by Crippen LogP contribution is -2.27. The summed E-state index contributed by atoms with van der Waals surface area (Å²) in [5.41, 5.74) is 1.90. The molecule has 0 saturated carbocycles. The number of hydrogen-bond acceptors (Lipinski definition) is 5. The van der Waals surface area contributed by atoms with Crippen LogP contribution in [0.1, 0.15) is 12.6 Å². The quantitative estimate of drug-likeness (QED) is 0.688. The van der Waals surface area contributed by atoms with Gasteiger partial charge in [0.15, 0.2) is 0 Å². The maximum atomic E-state index is 12.3. The number of nitrogens with zero attached hydrogens (tertiary/aromatic N) is 5. The molecule has 0 aliphatic carbocycles. The summed E-state index contributed by atoms with van der Waals surface area (Å²) in [6.07, 6.45) is 8.06. The lowest BCUT2D eigenvalue weighted by atomic mass is 10.2. The Labute approximate surface area is 146 Å². The highest BCUT2D eigenvalue weighted by Gasteiger charge is 2.16. The van der Waals surface area contributed by atoms with Crippen molar-refractivity contribution in [1.82, 2.24) is 29.0 Å². The van der Waals surface area contributed by atoms with Gasteiger partial charge in [-0.2, -0.15) is 5.10 Å². The van der Waals surface area contributed by atoms with Crippen LogP contribution in [0, 0.1) is 6.92 Å². The van der Waals surface area contributed by atoms with Crippen molar-refractivity contribution in [1.29, 1.82) is 0 Å². The molecule has 3 aromatic rings. The van der Waals surface area contributed by atoms with Crippen molar-refractivity contribution in [3.05, 3.63) is 48.8 Å². The highest BCUT2D eigenvalue weighted by atomic mass is 32.2. The van der Waals surface area contributed by atoms with E-state index in [1.54, 1.807) is 23.3 Å². The van der Waals surface area contributed by atoms with Gasteiger partial charge in [0.1, 0.15) is 10.7 Å². The molecular formula is C16H20N6O2S. The minimum atomic E-state index is -3.57. The fraction of sp³-hybridized carbons (Fsp3) is 0.312. The summed E-state index contributed by atoms with van der Waals surface area (Å²) >= 11 is 0. The maximum absolute atomic E-state index is 12.3. The van der Waals surface area contributed by atoms with Gasteiger partial charge in [0, 0.05) is 55.7 Å². The van der Waals surface area contributed by atoms with Crippen LogP contribution in [-0.4, -0.2) is 39.3 Å². The Hall–Kier alpha value is -2.52. The average molecular weight is 360 g/mol. The molecule has 0 aliphatic heterocycles. The van der Waals surface area contributed by atoms with Gasteiger partial charge < -0.3 is 4.57 Å². The smallest absolute Gasteiger partial charge is 0.243 e. The molecule has 0 unspecified atom stereocenters. The molecule has 0 radical (unpaired) electrons. The first kappa shape index (κ1) is 17.3. The Morgan fingerprint density at radius 1 is 1.20 bits per heavy atom. The number of sulfonamides is 1. The molecule has 0 aromatic carbocycles. The van der Waals surface area contributed by atoms with Gasteiger partial charge in [-0.05, 0) is 26.0 Å². The molecule has 0 spiro atoms. The minimum absolute atomic E-state index is 0.172. The fourth-order valence-electron chi connectivity index (χ4n) is 2.51. The van der Waals surface area contributed by atoms with Gasteiger partial charge in [-0.25, -0.2) is 18.1 Å². The van der Waals surface area contributed by atoms with Gasteiger partial charge in [0.05, 0.1) is 6.20 Å². The summed E-state index contributed by atoms with van der Waals surface area (Å²) in [5.74, 6) is 0.790. The Bertz CT molecular complexity index is 946. The molecule has 8 nitrogen and oxygen atoms in total. The third-order valence-electron chi connectivity index (χ3n) is 3.86. The van der Waals surface area contributed by atoms with Gasteiger partial charge in [0.2, 0.25) is 10.0 Å². The van der Waals surface area contributed by atoms with E-state index in [2.05, 4.69) is 19.8 Å². The molecular weight excluding hydrogens is 340 g/mol. The first-order chi connectivity index (χ1) is 12.0. The Balaban J connectivity index is 1.71. The van der Waals surface area contributed by atoms with Crippen molar-refractivity contribution in [2.75, 3.05) is 6.54 Å². The van der Waals surface area contributed by atoms with Crippen molar-refractivity contribution in [3.63, 3.8) is 0 Å². The van der Waals surface area contributed by atoms with Gasteiger partial charge in [-0.15, -0.1) is 0 Å². The predicted molar refractivity (Wildman–Crippen MR) is 93.3 cm³/mol. The van der Waals surface area contributed by atoms with E-state index in [4.69, 9.17) is 0 Å². The monoisotopic (exact) mass is 360 g/mol. The van der Waals surface area contributed by atoms with Crippen LogP contribution in [-0.2, 0) is 23.1 Å². The van der Waals surface area contributed by atoms with Gasteiger partial charge in [-0.3, -0.25) is 9.67 Å². The highest BCUT2D eigenvalue weighted by molar-refractivity contribution is 7.89. The number of pyridine rings is 1. The van der Waals surface area contributed by atoms with Crippen LogP contribution in [0.25, 0.3) is 11.4 Å². The van der Waals surface area contributed by atoms with Crippen molar-refractivity contribution in [2.24, 2.45) is 0 Å². The van der Waals surface area contributed by atoms with E-state index in [0.29, 0.717) is 13.1 Å². The van der Waals surface area contributed by atoms with Gasteiger partial charge in [-0.1, -0.05) is 0 Å². The van der Waals surface area contributed by atoms with E-state index < -0.39 is 10.0 Å². The molecule has 0 amide bonds. The Morgan fingerprint density at radius 3 is 2.64 bits per heavy atom. The number of aromatic nitrogens is 5. The van der Waals surface area contributed by atoms with Crippen LogP contribution >= 0.6 is 0 Å². The molecule has 0 saturated heterocycles. The third-order valence-corrected chi connectivity index (χ3v) is 5.28. The van der Waals surface area contributed by atoms with E-state index >= 15 is 0 Å². The second-order valence-corrected chi connectivity index (χ2v) is 7.31. The molecule has 132 valence electrons. The molecule has 0 aliphatic rings. The largest absolute Gasteiger partial charge is 0.327 e. The topological polar surface area (TPSA) is 94.7 Å². The number of nitrogens with one attached hydrogen (secondary N) is 1. The number of rotatable bonds is 7. The number of aryl methyl sites for hydroxylation is 2. The summed E-state index contributed by atoms with van der Waals surface area (Å²) in [6, 6.07) is 3.75. The van der Waals surface area contributed by atoms with Crippen molar-refractivity contribution < 1.29 is 8.42 Å². The first-order valence-corrected chi connectivity index (χ1v) is 9.44. The third kappa shape index (κ3) is 3.77. The van der Waals surface area contributed by atoms with E-state index in [1.807, 2.05) is 30.5 Å². The summed E-state index contributed by atoms with van der Waals surface area (Å²) < 4.78 is 30.8. The molecule has 0 atom stereocenters.